The highest BCUT2D eigenvalue weighted by molar-refractivity contribution is 7.84. The van der Waals surface area contributed by atoms with E-state index in [0.717, 1.165) is 12.8 Å². The normalized spacial score (nSPS) is 14.5. The zero-order chi connectivity index (χ0) is 6.57. The zero-order valence-corrected chi connectivity index (χ0v) is 6.62. The van der Waals surface area contributed by atoms with E-state index in [1.54, 1.807) is 6.26 Å². The summed E-state index contributed by atoms with van der Waals surface area (Å²) in [5.41, 5.74) is 0. The Kier molecular flexibility index (Phi) is 4.15. The van der Waals surface area contributed by atoms with Crippen LogP contribution in [0.3, 0.4) is 0 Å². The summed E-state index contributed by atoms with van der Waals surface area (Å²) < 4.78 is 10.7. The minimum Gasteiger partial charge on any atom is -0.260 e. The van der Waals surface area contributed by atoms with E-state index in [-0.39, 0.29) is 0 Å². The predicted octanol–water partition coefficient (Wildman–Crippen LogP) is 1.55. The maximum absolute atomic E-state index is 10.7. The second-order valence-corrected chi connectivity index (χ2v) is 3.60. The Balaban J connectivity index is 3.52. The van der Waals surface area contributed by atoms with Gasteiger partial charge in [-0.3, -0.25) is 4.21 Å². The van der Waals surface area contributed by atoms with Gasteiger partial charge in [-0.05, 0) is 12.8 Å². The molecule has 1 unspecified atom stereocenters. The van der Waals surface area contributed by atoms with E-state index in [9.17, 15) is 4.21 Å². The molecule has 0 bridgehead atoms. The molecule has 0 spiro atoms. The lowest BCUT2D eigenvalue weighted by Gasteiger charge is -2.05. The largest absolute Gasteiger partial charge is 0.260 e. The third-order valence-electron chi connectivity index (χ3n) is 1.38. The van der Waals surface area contributed by atoms with Crippen molar-refractivity contribution in [1.82, 2.24) is 0 Å². The summed E-state index contributed by atoms with van der Waals surface area (Å²) in [7, 11) is -0.603. The molecule has 2 heteroatoms. The zero-order valence-electron chi connectivity index (χ0n) is 5.81. The van der Waals surface area contributed by atoms with Crippen LogP contribution in [-0.4, -0.2) is 15.7 Å². The van der Waals surface area contributed by atoms with Crippen LogP contribution in [0.5, 0.6) is 0 Å². The Labute approximate surface area is 53.9 Å². The van der Waals surface area contributed by atoms with E-state index in [1.165, 1.54) is 0 Å². The molecule has 8 heavy (non-hydrogen) atoms. The molecule has 0 N–H and O–H groups in total. The van der Waals surface area contributed by atoms with Crippen molar-refractivity contribution in [3.05, 3.63) is 0 Å². The van der Waals surface area contributed by atoms with Crippen LogP contribution >= 0.6 is 0 Å². The molecule has 0 saturated heterocycles. The van der Waals surface area contributed by atoms with Crippen molar-refractivity contribution >= 4 is 10.8 Å². The number of hydrogen-bond donors (Lipinski definition) is 0. The minimum absolute atomic E-state index is 0.426. The first-order valence-electron chi connectivity index (χ1n) is 3.04. The third kappa shape index (κ3) is 2.46. The average molecular weight is 134 g/mol. The summed E-state index contributed by atoms with van der Waals surface area (Å²) in [5, 5.41) is 0.426. The van der Waals surface area contributed by atoms with Crippen molar-refractivity contribution in [2.75, 3.05) is 6.26 Å². The summed E-state index contributed by atoms with van der Waals surface area (Å²) in [6.07, 6.45) is 3.86. The first kappa shape index (κ1) is 8.15. The van der Waals surface area contributed by atoms with E-state index in [2.05, 4.69) is 13.8 Å². The quantitative estimate of drug-likeness (QED) is 0.572. The molecule has 0 aromatic rings. The fourth-order valence-electron chi connectivity index (χ4n) is 0.758. The molecular formula is C6H14OS. The lowest BCUT2D eigenvalue weighted by molar-refractivity contribution is 0.662. The van der Waals surface area contributed by atoms with E-state index in [1.807, 2.05) is 0 Å². The van der Waals surface area contributed by atoms with Crippen LogP contribution in [0.4, 0.5) is 0 Å². The monoisotopic (exact) mass is 134 g/mol. The molecule has 0 heterocycles. The summed E-state index contributed by atoms with van der Waals surface area (Å²) in [6.45, 7) is 4.16. The lowest BCUT2D eigenvalue weighted by atomic mass is 10.3. The molecule has 0 aromatic carbocycles. The van der Waals surface area contributed by atoms with Crippen LogP contribution in [-0.2, 0) is 10.8 Å². The lowest BCUT2D eigenvalue weighted by Crippen LogP contribution is -2.10. The Morgan fingerprint density at radius 1 is 1.38 bits per heavy atom. The topological polar surface area (TPSA) is 17.1 Å². The van der Waals surface area contributed by atoms with E-state index >= 15 is 0 Å². The van der Waals surface area contributed by atoms with Gasteiger partial charge >= 0.3 is 0 Å². The second-order valence-electron chi connectivity index (χ2n) is 1.94. The van der Waals surface area contributed by atoms with Gasteiger partial charge in [-0.2, -0.15) is 0 Å². The van der Waals surface area contributed by atoms with Crippen LogP contribution in [0.2, 0.25) is 0 Å². The standard InChI is InChI=1S/C6H14OS/c1-4-6(5-2)8(3)7/h6H,4-5H2,1-3H3. The molecule has 0 amide bonds. The maximum Gasteiger partial charge on any atom is 0.0340 e. The molecule has 1 nitrogen and oxygen atoms in total. The van der Waals surface area contributed by atoms with Gasteiger partial charge in [-0.1, -0.05) is 13.8 Å². The van der Waals surface area contributed by atoms with Crippen molar-refractivity contribution in [3.63, 3.8) is 0 Å². The smallest absolute Gasteiger partial charge is 0.0340 e. The van der Waals surface area contributed by atoms with Crippen LogP contribution in [0, 0.1) is 0 Å². The Morgan fingerprint density at radius 2 is 1.75 bits per heavy atom. The molecule has 0 aromatic heterocycles. The fourth-order valence-corrected chi connectivity index (χ4v) is 1.70. The van der Waals surface area contributed by atoms with Crippen LogP contribution in [0.25, 0.3) is 0 Å². The first-order chi connectivity index (χ1) is 3.72. The molecule has 0 aliphatic rings. The first-order valence-corrected chi connectivity index (χ1v) is 4.66. The second kappa shape index (κ2) is 4.07. The molecule has 0 rings (SSSR count). The highest BCUT2D eigenvalue weighted by Crippen LogP contribution is 2.02. The van der Waals surface area contributed by atoms with Gasteiger partial charge in [-0.25, -0.2) is 0 Å². The molecule has 50 valence electrons. The van der Waals surface area contributed by atoms with Crippen LogP contribution in [0.1, 0.15) is 26.7 Å². The predicted molar refractivity (Wildman–Crippen MR) is 38.4 cm³/mol. The van der Waals surface area contributed by atoms with Gasteiger partial charge < -0.3 is 0 Å². The van der Waals surface area contributed by atoms with Crippen LogP contribution in [0.15, 0.2) is 0 Å². The van der Waals surface area contributed by atoms with Crippen molar-refractivity contribution in [3.8, 4) is 0 Å². The molecule has 0 aliphatic carbocycles. The summed E-state index contributed by atoms with van der Waals surface area (Å²) >= 11 is 0. The highest BCUT2D eigenvalue weighted by Gasteiger charge is 2.04. The van der Waals surface area contributed by atoms with E-state index < -0.39 is 10.8 Å². The fraction of sp³-hybridized carbons (Fsp3) is 1.00. The van der Waals surface area contributed by atoms with Gasteiger partial charge in [0.2, 0.25) is 0 Å². The van der Waals surface area contributed by atoms with Crippen molar-refractivity contribution in [1.29, 1.82) is 0 Å². The van der Waals surface area contributed by atoms with Crippen molar-refractivity contribution in [2.45, 2.75) is 31.9 Å². The SMILES string of the molecule is CCC(CC)S(C)=O. The third-order valence-corrected chi connectivity index (χ3v) is 2.99. The van der Waals surface area contributed by atoms with Gasteiger partial charge in [-0.15, -0.1) is 0 Å². The summed E-state index contributed by atoms with van der Waals surface area (Å²) in [6, 6.07) is 0. The van der Waals surface area contributed by atoms with Gasteiger partial charge in [0.15, 0.2) is 0 Å². The molecule has 0 fully saturated rings. The van der Waals surface area contributed by atoms with Gasteiger partial charge in [0.1, 0.15) is 0 Å². The van der Waals surface area contributed by atoms with E-state index in [4.69, 9.17) is 0 Å². The minimum atomic E-state index is -0.603. The van der Waals surface area contributed by atoms with Gasteiger partial charge in [0, 0.05) is 22.3 Å². The Hall–Kier alpha value is 0.150. The maximum atomic E-state index is 10.7. The molecule has 0 aliphatic heterocycles. The van der Waals surface area contributed by atoms with Gasteiger partial charge in [0.05, 0.1) is 0 Å². The summed E-state index contributed by atoms with van der Waals surface area (Å²) in [5.74, 6) is 0. The molecule has 0 saturated carbocycles. The average Bonchev–Trinajstić information content (AvgIpc) is 1.69. The van der Waals surface area contributed by atoms with Crippen LogP contribution < -0.4 is 0 Å². The Morgan fingerprint density at radius 3 is 1.75 bits per heavy atom. The number of rotatable bonds is 3. The highest BCUT2D eigenvalue weighted by atomic mass is 32.2. The molecule has 1 atom stereocenters. The number of hydrogen-bond acceptors (Lipinski definition) is 1. The Bertz CT molecular complexity index is 76.6. The summed E-state index contributed by atoms with van der Waals surface area (Å²) in [4.78, 5) is 0. The molecule has 0 radical (unpaired) electrons. The van der Waals surface area contributed by atoms with Gasteiger partial charge in [0.25, 0.3) is 0 Å². The molecular weight excluding hydrogens is 120 g/mol. The van der Waals surface area contributed by atoms with Crippen molar-refractivity contribution < 1.29 is 4.21 Å². The van der Waals surface area contributed by atoms with Crippen molar-refractivity contribution in [2.24, 2.45) is 0 Å². The van der Waals surface area contributed by atoms with E-state index in [0.29, 0.717) is 5.25 Å².